The second kappa shape index (κ2) is 5.11. The molecule has 0 aliphatic carbocycles. The third kappa shape index (κ3) is 2.28. The van der Waals surface area contributed by atoms with Gasteiger partial charge in [0.1, 0.15) is 0 Å². The monoisotopic (exact) mass is 225 g/mol. The molecule has 0 spiro atoms. The molecule has 0 bridgehead atoms. The standard InChI is InChI=1S/C10H11NO5/c1-3-16-10-4-7(6-12)8(11(13)14)5-9(10)15-2/h4-6H,3H2,1-2H3. The Morgan fingerprint density at radius 2 is 2.12 bits per heavy atom. The van der Waals surface area contributed by atoms with Crippen molar-refractivity contribution in [3.05, 3.63) is 27.8 Å². The molecule has 0 fully saturated rings. The molecule has 16 heavy (non-hydrogen) atoms. The number of nitro groups is 1. The van der Waals surface area contributed by atoms with Crippen LogP contribution < -0.4 is 9.47 Å². The molecule has 6 heteroatoms. The average molecular weight is 225 g/mol. The van der Waals surface area contributed by atoms with E-state index in [4.69, 9.17) is 9.47 Å². The second-order valence-corrected chi connectivity index (χ2v) is 2.87. The number of nitro benzene ring substituents is 1. The van der Waals surface area contributed by atoms with Gasteiger partial charge in [-0.25, -0.2) is 0 Å². The molecule has 0 amide bonds. The summed E-state index contributed by atoms with van der Waals surface area (Å²) in [6, 6.07) is 2.47. The number of carbonyl (C=O) groups is 1. The van der Waals surface area contributed by atoms with Gasteiger partial charge in [-0.1, -0.05) is 0 Å². The fourth-order valence-electron chi connectivity index (χ4n) is 1.25. The van der Waals surface area contributed by atoms with Gasteiger partial charge in [0.25, 0.3) is 5.69 Å². The van der Waals surface area contributed by atoms with Crippen molar-refractivity contribution in [2.24, 2.45) is 0 Å². The minimum Gasteiger partial charge on any atom is -0.493 e. The van der Waals surface area contributed by atoms with Crippen LogP contribution in [0, 0.1) is 10.1 Å². The Bertz CT molecular complexity index is 416. The molecule has 0 aromatic heterocycles. The summed E-state index contributed by atoms with van der Waals surface area (Å²) < 4.78 is 10.1. The predicted octanol–water partition coefficient (Wildman–Crippen LogP) is 1.81. The molecule has 0 saturated heterocycles. The van der Waals surface area contributed by atoms with Crippen molar-refractivity contribution in [2.45, 2.75) is 6.92 Å². The summed E-state index contributed by atoms with van der Waals surface area (Å²) in [5.41, 5.74) is -0.329. The Morgan fingerprint density at radius 1 is 1.44 bits per heavy atom. The molecule has 1 aromatic rings. The lowest BCUT2D eigenvalue weighted by Gasteiger charge is -2.09. The first-order valence-corrected chi connectivity index (χ1v) is 4.58. The number of carbonyl (C=O) groups excluding carboxylic acids is 1. The van der Waals surface area contributed by atoms with Gasteiger partial charge in [0.15, 0.2) is 17.8 Å². The molecule has 0 N–H and O–H groups in total. The summed E-state index contributed by atoms with van der Waals surface area (Å²) in [5.74, 6) is 0.553. The molecular weight excluding hydrogens is 214 g/mol. The van der Waals surface area contributed by atoms with Crippen molar-refractivity contribution >= 4 is 12.0 Å². The van der Waals surface area contributed by atoms with Crippen LogP contribution in [-0.2, 0) is 0 Å². The zero-order valence-corrected chi connectivity index (χ0v) is 8.93. The Labute approximate surface area is 91.9 Å². The lowest BCUT2D eigenvalue weighted by atomic mass is 10.1. The molecule has 0 radical (unpaired) electrons. The minimum absolute atomic E-state index is 0.0331. The molecule has 0 saturated carbocycles. The molecule has 1 aromatic carbocycles. The Kier molecular flexibility index (Phi) is 3.82. The Morgan fingerprint density at radius 3 is 2.56 bits per heavy atom. The Hall–Kier alpha value is -2.11. The number of ether oxygens (including phenoxy) is 2. The van der Waals surface area contributed by atoms with Crippen molar-refractivity contribution in [1.29, 1.82) is 0 Å². The van der Waals surface area contributed by atoms with Gasteiger partial charge < -0.3 is 9.47 Å². The van der Waals surface area contributed by atoms with Gasteiger partial charge in [-0.05, 0) is 6.92 Å². The predicted molar refractivity (Wildman–Crippen MR) is 56.2 cm³/mol. The van der Waals surface area contributed by atoms with E-state index in [0.29, 0.717) is 18.6 Å². The van der Waals surface area contributed by atoms with Crippen molar-refractivity contribution < 1.29 is 19.2 Å². The van der Waals surface area contributed by atoms with Crippen LogP contribution in [0.2, 0.25) is 0 Å². The van der Waals surface area contributed by atoms with E-state index in [2.05, 4.69) is 0 Å². The topological polar surface area (TPSA) is 78.7 Å². The van der Waals surface area contributed by atoms with Crippen LogP contribution in [0.3, 0.4) is 0 Å². The molecule has 0 heterocycles. The van der Waals surface area contributed by atoms with Gasteiger partial charge >= 0.3 is 0 Å². The second-order valence-electron chi connectivity index (χ2n) is 2.87. The van der Waals surface area contributed by atoms with E-state index < -0.39 is 4.92 Å². The highest BCUT2D eigenvalue weighted by Crippen LogP contribution is 2.33. The van der Waals surface area contributed by atoms with Crippen molar-refractivity contribution in [2.75, 3.05) is 13.7 Å². The quantitative estimate of drug-likeness (QED) is 0.433. The SMILES string of the molecule is CCOc1cc(C=O)c([N+](=O)[O-])cc1OC. The van der Waals surface area contributed by atoms with Gasteiger partial charge in [0, 0.05) is 6.07 Å². The number of hydrogen-bond donors (Lipinski definition) is 0. The number of methoxy groups -OCH3 is 1. The maximum absolute atomic E-state index is 10.7. The fraction of sp³-hybridized carbons (Fsp3) is 0.300. The van der Waals surface area contributed by atoms with Gasteiger partial charge in [0.2, 0.25) is 0 Å². The van der Waals surface area contributed by atoms with Crippen LogP contribution in [0.15, 0.2) is 12.1 Å². The van der Waals surface area contributed by atoms with E-state index >= 15 is 0 Å². The summed E-state index contributed by atoms with van der Waals surface area (Å²) in [5, 5.41) is 10.7. The van der Waals surface area contributed by atoms with E-state index in [9.17, 15) is 14.9 Å². The molecule has 6 nitrogen and oxygen atoms in total. The number of nitrogens with zero attached hydrogens (tertiary/aromatic N) is 1. The summed E-state index contributed by atoms with van der Waals surface area (Å²) >= 11 is 0. The number of hydrogen-bond acceptors (Lipinski definition) is 5. The largest absolute Gasteiger partial charge is 0.493 e. The van der Waals surface area contributed by atoms with Crippen molar-refractivity contribution in [3.8, 4) is 11.5 Å². The smallest absolute Gasteiger partial charge is 0.283 e. The minimum atomic E-state index is -0.637. The molecule has 86 valence electrons. The maximum atomic E-state index is 10.7. The van der Waals surface area contributed by atoms with Gasteiger partial charge in [-0.2, -0.15) is 0 Å². The lowest BCUT2D eigenvalue weighted by Crippen LogP contribution is -2.00. The number of aldehydes is 1. The van der Waals surface area contributed by atoms with Crippen LogP contribution in [0.1, 0.15) is 17.3 Å². The zero-order chi connectivity index (χ0) is 12.1. The summed E-state index contributed by atoms with van der Waals surface area (Å²) in [7, 11) is 1.38. The summed E-state index contributed by atoms with van der Waals surface area (Å²) in [6.45, 7) is 2.15. The van der Waals surface area contributed by atoms with Gasteiger partial charge in [-0.3, -0.25) is 14.9 Å². The van der Waals surface area contributed by atoms with Crippen LogP contribution in [-0.4, -0.2) is 24.9 Å². The van der Waals surface area contributed by atoms with Gasteiger partial charge in [0.05, 0.1) is 30.3 Å². The highest BCUT2D eigenvalue weighted by Gasteiger charge is 2.18. The summed E-state index contributed by atoms with van der Waals surface area (Å²) in [6.07, 6.45) is 0.417. The third-order valence-corrected chi connectivity index (χ3v) is 1.94. The van der Waals surface area contributed by atoms with E-state index in [1.807, 2.05) is 0 Å². The lowest BCUT2D eigenvalue weighted by molar-refractivity contribution is -0.385. The van der Waals surface area contributed by atoms with Crippen LogP contribution in [0.4, 0.5) is 5.69 Å². The van der Waals surface area contributed by atoms with Crippen LogP contribution >= 0.6 is 0 Å². The van der Waals surface area contributed by atoms with E-state index in [1.165, 1.54) is 19.2 Å². The van der Waals surface area contributed by atoms with E-state index in [-0.39, 0.29) is 17.0 Å². The fourth-order valence-corrected chi connectivity index (χ4v) is 1.25. The van der Waals surface area contributed by atoms with E-state index in [0.717, 1.165) is 0 Å². The van der Waals surface area contributed by atoms with Crippen LogP contribution in [0.5, 0.6) is 11.5 Å². The first-order chi connectivity index (χ1) is 7.63. The first kappa shape index (κ1) is 12.0. The molecule has 0 atom stereocenters. The van der Waals surface area contributed by atoms with Gasteiger partial charge in [-0.15, -0.1) is 0 Å². The molecule has 0 aliphatic heterocycles. The third-order valence-electron chi connectivity index (χ3n) is 1.94. The normalized spacial score (nSPS) is 9.62. The molecular formula is C10H11NO5. The first-order valence-electron chi connectivity index (χ1n) is 4.58. The highest BCUT2D eigenvalue weighted by molar-refractivity contribution is 5.83. The molecule has 1 rings (SSSR count). The number of benzene rings is 1. The zero-order valence-electron chi connectivity index (χ0n) is 8.93. The molecule has 0 aliphatic rings. The van der Waals surface area contributed by atoms with Crippen LogP contribution in [0.25, 0.3) is 0 Å². The maximum Gasteiger partial charge on any atom is 0.283 e. The Balaban J connectivity index is 3.33. The van der Waals surface area contributed by atoms with Crippen molar-refractivity contribution in [3.63, 3.8) is 0 Å². The number of rotatable bonds is 5. The van der Waals surface area contributed by atoms with Crippen molar-refractivity contribution in [1.82, 2.24) is 0 Å². The molecule has 0 unspecified atom stereocenters. The van der Waals surface area contributed by atoms with E-state index in [1.54, 1.807) is 6.92 Å². The average Bonchev–Trinajstić information content (AvgIpc) is 2.28. The highest BCUT2D eigenvalue weighted by atomic mass is 16.6. The summed E-state index contributed by atoms with van der Waals surface area (Å²) in [4.78, 5) is 20.7.